The first-order valence-electron chi connectivity index (χ1n) is 6.15. The number of imidazole rings is 1. The van der Waals surface area contributed by atoms with Gasteiger partial charge in [-0.25, -0.2) is 4.98 Å². The largest absolute Gasteiger partial charge is 0.417 e. The average molecular weight is 361 g/mol. The lowest BCUT2D eigenvalue weighted by molar-refractivity contribution is -0.138. The second kappa shape index (κ2) is 6.01. The Balaban J connectivity index is 2.15. The van der Waals surface area contributed by atoms with Gasteiger partial charge in [-0.15, -0.1) is 0 Å². The molecule has 0 amide bonds. The molecule has 0 fully saturated rings. The lowest BCUT2D eigenvalue weighted by atomic mass is 10.0. The minimum Gasteiger partial charge on any atom is -0.338 e. The highest BCUT2D eigenvalue weighted by atomic mass is 79.9. The first-order valence-corrected chi connectivity index (χ1v) is 6.94. The number of benzene rings is 1. The van der Waals surface area contributed by atoms with Gasteiger partial charge in [0.2, 0.25) is 0 Å². The van der Waals surface area contributed by atoms with E-state index in [9.17, 15) is 18.0 Å². The number of ketones is 1. The molecule has 0 unspecified atom stereocenters. The second-order valence-electron chi connectivity index (χ2n) is 4.57. The molecule has 0 saturated heterocycles. The van der Waals surface area contributed by atoms with Crippen LogP contribution in [-0.4, -0.2) is 15.3 Å². The number of aromatic nitrogens is 2. The lowest BCUT2D eigenvalue weighted by Crippen LogP contribution is -2.10. The molecule has 0 radical (unpaired) electrons. The van der Waals surface area contributed by atoms with Crippen LogP contribution in [0.4, 0.5) is 13.2 Å². The third-order valence-electron chi connectivity index (χ3n) is 3.09. The minimum absolute atomic E-state index is 0.0553. The average Bonchev–Trinajstić information content (AvgIpc) is 2.80. The first kappa shape index (κ1) is 15.8. The van der Waals surface area contributed by atoms with Gasteiger partial charge in [-0.1, -0.05) is 22.0 Å². The summed E-state index contributed by atoms with van der Waals surface area (Å²) in [5, 5.41) is 0. The summed E-state index contributed by atoms with van der Waals surface area (Å²) in [5.74, 6) is 0.382. The number of hydrogen-bond donors (Lipinski definition) is 0. The first-order chi connectivity index (χ1) is 9.79. The molecule has 21 heavy (non-hydrogen) atoms. The van der Waals surface area contributed by atoms with Gasteiger partial charge in [-0.2, -0.15) is 13.2 Å². The number of carbonyl (C=O) groups is 1. The summed E-state index contributed by atoms with van der Waals surface area (Å²) in [4.78, 5) is 16.1. The molecule has 1 aromatic heterocycles. The zero-order chi connectivity index (χ0) is 15.6. The number of nitrogens with zero attached hydrogens (tertiary/aromatic N) is 2. The number of aryl methyl sites for hydroxylation is 2. The quantitative estimate of drug-likeness (QED) is 0.772. The van der Waals surface area contributed by atoms with Crippen molar-refractivity contribution in [3.05, 3.63) is 52.0 Å². The van der Waals surface area contributed by atoms with Gasteiger partial charge in [0.25, 0.3) is 0 Å². The highest BCUT2D eigenvalue weighted by Crippen LogP contribution is 2.35. The summed E-state index contributed by atoms with van der Waals surface area (Å²) in [6, 6.07) is 3.52. The van der Waals surface area contributed by atoms with Crippen LogP contribution in [0.3, 0.4) is 0 Å². The van der Waals surface area contributed by atoms with Crippen LogP contribution in [0.2, 0.25) is 0 Å². The summed E-state index contributed by atoms with van der Waals surface area (Å²) in [6.45, 7) is 0. The molecule has 0 spiro atoms. The number of alkyl halides is 3. The van der Waals surface area contributed by atoms with Gasteiger partial charge in [0.15, 0.2) is 5.78 Å². The maximum Gasteiger partial charge on any atom is 0.417 e. The molecule has 7 heteroatoms. The van der Waals surface area contributed by atoms with E-state index in [1.165, 1.54) is 12.1 Å². The number of carbonyl (C=O) groups excluding carboxylic acids is 1. The molecule has 0 N–H and O–H groups in total. The van der Waals surface area contributed by atoms with Crippen LogP contribution in [0.15, 0.2) is 35.1 Å². The number of Topliss-reactive ketones (excluding diaryl/α,β-unsaturated/α-hetero) is 1. The Morgan fingerprint density at radius 1 is 1.38 bits per heavy atom. The van der Waals surface area contributed by atoms with Gasteiger partial charge in [-0.05, 0) is 12.1 Å². The molecule has 2 rings (SSSR count). The van der Waals surface area contributed by atoms with Crippen molar-refractivity contribution in [1.82, 2.24) is 9.55 Å². The van der Waals surface area contributed by atoms with E-state index in [-0.39, 0.29) is 22.2 Å². The Bertz CT molecular complexity index is 664. The molecule has 0 atom stereocenters. The van der Waals surface area contributed by atoms with Gasteiger partial charge >= 0.3 is 6.18 Å². The van der Waals surface area contributed by atoms with Crippen molar-refractivity contribution in [3.63, 3.8) is 0 Å². The van der Waals surface area contributed by atoms with Gasteiger partial charge in [0, 0.05) is 42.3 Å². The van der Waals surface area contributed by atoms with Gasteiger partial charge in [0.1, 0.15) is 5.82 Å². The van der Waals surface area contributed by atoms with Crippen LogP contribution in [0, 0.1) is 0 Å². The van der Waals surface area contributed by atoms with Crippen molar-refractivity contribution in [1.29, 1.82) is 0 Å². The Hall–Kier alpha value is -1.63. The third-order valence-corrected chi connectivity index (χ3v) is 3.78. The summed E-state index contributed by atoms with van der Waals surface area (Å²) in [6.07, 6.45) is -0.624. The molecule has 1 heterocycles. The third kappa shape index (κ3) is 3.72. The summed E-state index contributed by atoms with van der Waals surface area (Å²) in [5.41, 5.74) is -0.787. The van der Waals surface area contributed by atoms with E-state index < -0.39 is 11.7 Å². The van der Waals surface area contributed by atoms with Crippen LogP contribution < -0.4 is 0 Å². The molecule has 2 aromatic rings. The highest BCUT2D eigenvalue weighted by Gasteiger charge is 2.33. The fourth-order valence-corrected chi connectivity index (χ4v) is 2.39. The predicted molar refractivity (Wildman–Crippen MR) is 75.0 cm³/mol. The van der Waals surface area contributed by atoms with E-state index in [4.69, 9.17) is 0 Å². The van der Waals surface area contributed by atoms with Crippen LogP contribution in [0.1, 0.15) is 28.2 Å². The van der Waals surface area contributed by atoms with E-state index in [0.29, 0.717) is 6.42 Å². The molecule has 0 aliphatic heterocycles. The SMILES string of the molecule is Cn1ccnc1CCC(=O)c1ccc(Br)c(C(F)(F)F)c1. The molecule has 0 bridgehead atoms. The fourth-order valence-electron chi connectivity index (χ4n) is 1.92. The highest BCUT2D eigenvalue weighted by molar-refractivity contribution is 9.10. The standard InChI is InChI=1S/C14H12BrF3N2O/c1-20-7-6-19-13(20)5-4-12(21)9-2-3-11(15)10(8-9)14(16,17)18/h2-3,6-8H,4-5H2,1H3. The van der Waals surface area contributed by atoms with Crippen molar-refractivity contribution < 1.29 is 18.0 Å². The molecule has 112 valence electrons. The Kier molecular flexibility index (Phi) is 4.51. The number of halogens is 4. The Morgan fingerprint density at radius 3 is 2.67 bits per heavy atom. The summed E-state index contributed by atoms with van der Waals surface area (Å²) >= 11 is 2.85. The van der Waals surface area contributed by atoms with Crippen molar-refractivity contribution in [2.75, 3.05) is 0 Å². The fraction of sp³-hybridized carbons (Fsp3) is 0.286. The molecule has 3 nitrogen and oxygen atoms in total. The van der Waals surface area contributed by atoms with E-state index in [2.05, 4.69) is 20.9 Å². The summed E-state index contributed by atoms with van der Waals surface area (Å²) < 4.78 is 40.1. The molecule has 0 aliphatic carbocycles. The number of rotatable bonds is 4. The normalized spacial score (nSPS) is 11.7. The predicted octanol–water partition coefficient (Wildman–Crippen LogP) is 4.02. The molecule has 0 aliphatic rings. The van der Waals surface area contributed by atoms with Crippen molar-refractivity contribution >= 4 is 21.7 Å². The van der Waals surface area contributed by atoms with Crippen molar-refractivity contribution in [2.45, 2.75) is 19.0 Å². The van der Waals surface area contributed by atoms with E-state index in [1.807, 2.05) is 0 Å². The molecule has 0 saturated carbocycles. The zero-order valence-corrected chi connectivity index (χ0v) is 12.7. The lowest BCUT2D eigenvalue weighted by Gasteiger charge is -2.10. The Labute approximate surface area is 127 Å². The maximum atomic E-state index is 12.8. The van der Waals surface area contributed by atoms with Gasteiger partial charge in [-0.3, -0.25) is 4.79 Å². The molecular formula is C14H12BrF3N2O. The van der Waals surface area contributed by atoms with Crippen LogP contribution in [-0.2, 0) is 19.6 Å². The van der Waals surface area contributed by atoms with E-state index in [1.54, 1.807) is 24.0 Å². The second-order valence-corrected chi connectivity index (χ2v) is 5.42. The topological polar surface area (TPSA) is 34.9 Å². The monoisotopic (exact) mass is 360 g/mol. The van der Waals surface area contributed by atoms with Gasteiger partial charge in [0.05, 0.1) is 5.56 Å². The Morgan fingerprint density at radius 2 is 2.10 bits per heavy atom. The van der Waals surface area contributed by atoms with E-state index >= 15 is 0 Å². The number of hydrogen-bond acceptors (Lipinski definition) is 2. The maximum absolute atomic E-state index is 12.8. The summed E-state index contributed by atoms with van der Waals surface area (Å²) in [7, 11) is 1.80. The zero-order valence-electron chi connectivity index (χ0n) is 11.1. The van der Waals surface area contributed by atoms with Crippen LogP contribution >= 0.6 is 15.9 Å². The van der Waals surface area contributed by atoms with Crippen molar-refractivity contribution in [2.24, 2.45) is 7.05 Å². The minimum atomic E-state index is -4.49. The van der Waals surface area contributed by atoms with E-state index in [0.717, 1.165) is 11.9 Å². The smallest absolute Gasteiger partial charge is 0.338 e. The molecular weight excluding hydrogens is 349 g/mol. The van der Waals surface area contributed by atoms with Crippen LogP contribution in [0.5, 0.6) is 0 Å². The molecule has 1 aromatic carbocycles. The van der Waals surface area contributed by atoms with Crippen molar-refractivity contribution in [3.8, 4) is 0 Å². The van der Waals surface area contributed by atoms with Crippen LogP contribution in [0.25, 0.3) is 0 Å². The van der Waals surface area contributed by atoms with Gasteiger partial charge < -0.3 is 4.57 Å².